The molecule has 3 heteroatoms. The first-order chi connectivity index (χ1) is 3.46. The summed E-state index contributed by atoms with van der Waals surface area (Å²) in [5, 5.41) is 0. The number of Topliss-reactive ketones (excluding diaryl/α,β-unsaturated/α-hetero) is 2. The van der Waals surface area contributed by atoms with E-state index in [2.05, 4.69) is 0 Å². The second-order valence-corrected chi connectivity index (χ2v) is 1.82. The van der Waals surface area contributed by atoms with E-state index in [-0.39, 0.29) is 47.5 Å². The molecule has 0 spiro atoms. The average Bonchev–Trinajstić information content (AvgIpc) is 1.25. The quantitative estimate of drug-likeness (QED) is 0.631. The zero-order valence-corrected chi connectivity index (χ0v) is 9.82. The van der Waals surface area contributed by atoms with Gasteiger partial charge in [0.25, 0.3) is 0 Å². The van der Waals surface area contributed by atoms with Crippen LogP contribution in [-0.2, 0) is 30.7 Å². The predicted molar refractivity (Wildman–Crippen MR) is 43.4 cm³/mol. The average molecular weight is 339 g/mol. The first kappa shape index (κ1) is 30.5. The van der Waals surface area contributed by atoms with Crippen LogP contribution in [0.25, 0.3) is 0 Å². The van der Waals surface area contributed by atoms with Crippen LogP contribution in [0.2, 0.25) is 0 Å². The van der Waals surface area contributed by atoms with Crippen LogP contribution in [0.15, 0.2) is 0 Å². The molecule has 2 nitrogen and oxygen atoms in total. The molecule has 0 rings (SSSR count). The Morgan fingerprint density at radius 1 is 0.727 bits per heavy atom. The smallest absolute Gasteiger partial charge is 0.512 e. The van der Waals surface area contributed by atoms with E-state index in [0.29, 0.717) is 0 Å². The number of hydrogen-bond acceptors (Lipinski definition) is 2. The Morgan fingerprint density at radius 3 is 0.727 bits per heavy atom. The van der Waals surface area contributed by atoms with Crippen LogP contribution in [0.1, 0.15) is 27.7 Å². The van der Waals surface area contributed by atoms with Crippen molar-refractivity contribution < 1.29 is 30.7 Å². The van der Waals surface area contributed by atoms with E-state index in [9.17, 15) is 9.59 Å². The molecule has 0 saturated carbocycles. The molecule has 0 fully saturated rings. The Morgan fingerprint density at radius 2 is 0.727 bits per heavy atom. The second kappa shape index (κ2) is 22.5. The van der Waals surface area contributed by atoms with E-state index in [0.717, 1.165) is 0 Å². The SMILES string of the molecule is CC(C)=O.CC(C)=O.[CH2-].[CH2-].[Pt+2]. The zero-order valence-electron chi connectivity index (χ0n) is 7.55. The molecular formula is C8H16O2Pt. The molecule has 0 amide bonds. The van der Waals surface area contributed by atoms with Gasteiger partial charge in [0.1, 0.15) is 11.6 Å². The molecule has 2 radical (unpaired) electrons. The normalized spacial score (nSPS) is 4.73. The summed E-state index contributed by atoms with van der Waals surface area (Å²) >= 11 is 0. The van der Waals surface area contributed by atoms with Crippen molar-refractivity contribution in [1.29, 1.82) is 0 Å². The van der Waals surface area contributed by atoms with Crippen molar-refractivity contribution in [3.8, 4) is 0 Å². The van der Waals surface area contributed by atoms with Crippen LogP contribution in [0.5, 0.6) is 0 Å². The Bertz CT molecular complexity index is 70.1. The van der Waals surface area contributed by atoms with Gasteiger partial charge in [-0.05, 0) is 27.7 Å². The van der Waals surface area contributed by atoms with Crippen molar-refractivity contribution in [3.63, 3.8) is 0 Å². The van der Waals surface area contributed by atoms with Gasteiger partial charge in [0.15, 0.2) is 0 Å². The molecule has 0 atom stereocenters. The molecule has 0 aromatic heterocycles. The van der Waals surface area contributed by atoms with Crippen LogP contribution in [0, 0.1) is 14.9 Å². The maximum atomic E-state index is 9.44. The molecule has 0 aliphatic rings. The number of ketones is 2. The summed E-state index contributed by atoms with van der Waals surface area (Å²) < 4.78 is 0. The van der Waals surface area contributed by atoms with Gasteiger partial charge in [-0.15, -0.1) is 0 Å². The van der Waals surface area contributed by atoms with Crippen molar-refractivity contribution in [1.82, 2.24) is 0 Å². The van der Waals surface area contributed by atoms with Crippen LogP contribution < -0.4 is 0 Å². The fourth-order valence-electron chi connectivity index (χ4n) is 0. The molecule has 0 aromatic rings. The van der Waals surface area contributed by atoms with Crippen LogP contribution in [0.3, 0.4) is 0 Å². The number of carbonyl (C=O) groups is 2. The second-order valence-electron chi connectivity index (χ2n) is 1.82. The van der Waals surface area contributed by atoms with E-state index >= 15 is 0 Å². The van der Waals surface area contributed by atoms with E-state index < -0.39 is 0 Å². The van der Waals surface area contributed by atoms with Gasteiger partial charge in [0.2, 0.25) is 0 Å². The third-order valence-electron chi connectivity index (χ3n) is 0. The summed E-state index contributed by atoms with van der Waals surface area (Å²) in [4.78, 5) is 18.9. The summed E-state index contributed by atoms with van der Waals surface area (Å²) in [5.74, 6) is 0.333. The Kier molecular flexibility index (Phi) is 62.4. The number of hydrogen-bond donors (Lipinski definition) is 0. The summed E-state index contributed by atoms with van der Waals surface area (Å²) in [6.07, 6.45) is 0. The van der Waals surface area contributed by atoms with Gasteiger partial charge in [0, 0.05) is 0 Å². The number of rotatable bonds is 0. The van der Waals surface area contributed by atoms with Crippen molar-refractivity contribution in [2.75, 3.05) is 0 Å². The molecule has 0 saturated heterocycles. The predicted octanol–water partition coefficient (Wildman–Crippen LogP) is 1.84. The minimum Gasteiger partial charge on any atom is -0.512 e. The van der Waals surface area contributed by atoms with Crippen LogP contribution in [0.4, 0.5) is 0 Å². The van der Waals surface area contributed by atoms with Gasteiger partial charge in [-0.25, -0.2) is 0 Å². The van der Waals surface area contributed by atoms with Crippen LogP contribution >= 0.6 is 0 Å². The fraction of sp³-hybridized carbons (Fsp3) is 0.500. The minimum absolute atomic E-state index is 0. The molecule has 0 unspecified atom stereocenters. The Labute approximate surface area is 85.0 Å². The van der Waals surface area contributed by atoms with Gasteiger partial charge < -0.3 is 24.4 Å². The molecule has 0 aromatic carbocycles. The van der Waals surface area contributed by atoms with Crippen molar-refractivity contribution >= 4 is 11.6 Å². The summed E-state index contributed by atoms with van der Waals surface area (Å²) in [6, 6.07) is 0. The fourth-order valence-corrected chi connectivity index (χ4v) is 0. The van der Waals surface area contributed by atoms with Crippen molar-refractivity contribution in [2.45, 2.75) is 27.7 Å². The molecule has 11 heavy (non-hydrogen) atoms. The first-order valence-corrected chi connectivity index (χ1v) is 2.41. The topological polar surface area (TPSA) is 34.1 Å². The summed E-state index contributed by atoms with van der Waals surface area (Å²) in [5.41, 5.74) is 0. The van der Waals surface area contributed by atoms with E-state index in [4.69, 9.17) is 0 Å². The Hall–Kier alpha value is 0.0283. The van der Waals surface area contributed by atoms with E-state index in [1.54, 1.807) is 0 Å². The monoisotopic (exact) mass is 339 g/mol. The Balaban J connectivity index is -0.0000000171. The third-order valence-corrected chi connectivity index (χ3v) is 0. The van der Waals surface area contributed by atoms with Crippen LogP contribution in [-0.4, -0.2) is 11.6 Å². The molecule has 0 N–H and O–H groups in total. The molecule has 0 bridgehead atoms. The van der Waals surface area contributed by atoms with Crippen molar-refractivity contribution in [3.05, 3.63) is 14.9 Å². The first-order valence-electron chi connectivity index (χ1n) is 2.41. The van der Waals surface area contributed by atoms with Gasteiger partial charge in [-0.2, -0.15) is 0 Å². The van der Waals surface area contributed by atoms with Crippen molar-refractivity contribution in [2.24, 2.45) is 0 Å². The van der Waals surface area contributed by atoms with Gasteiger partial charge in [0.05, 0.1) is 0 Å². The molecule has 0 heterocycles. The minimum atomic E-state index is 0. The standard InChI is InChI=1S/2C3H6O.2CH2.Pt/c2*1-3(2)4;;;/h2*1-2H3;2*1H2;/q;;2*-1;+2. The summed E-state index contributed by atoms with van der Waals surface area (Å²) in [7, 11) is 0. The maximum absolute atomic E-state index is 9.44. The zero-order chi connectivity index (χ0) is 7.15. The maximum Gasteiger partial charge on any atom is 2.00 e. The molecular weight excluding hydrogens is 323 g/mol. The van der Waals surface area contributed by atoms with Gasteiger partial charge >= 0.3 is 21.1 Å². The van der Waals surface area contributed by atoms with Gasteiger partial charge in [-0.3, -0.25) is 0 Å². The molecule has 0 aliphatic carbocycles. The summed E-state index contributed by atoms with van der Waals surface area (Å²) in [6.45, 7) is 6.11. The van der Waals surface area contributed by atoms with E-state index in [1.807, 2.05) is 0 Å². The third kappa shape index (κ3) is 806000. The molecule has 70 valence electrons. The largest absolute Gasteiger partial charge is 2.00 e. The molecule has 0 aliphatic heterocycles. The van der Waals surface area contributed by atoms with E-state index in [1.165, 1.54) is 27.7 Å². The number of carbonyl (C=O) groups excluding carboxylic acids is 2. The van der Waals surface area contributed by atoms with Gasteiger partial charge in [-0.1, -0.05) is 0 Å².